The summed E-state index contributed by atoms with van der Waals surface area (Å²) in [5.41, 5.74) is 5.66. The Morgan fingerprint density at radius 3 is 1.66 bits per heavy atom. The van der Waals surface area contributed by atoms with E-state index in [-0.39, 0.29) is 42.7 Å². The van der Waals surface area contributed by atoms with Gasteiger partial charge < -0.3 is 42.6 Å². The lowest BCUT2D eigenvalue weighted by Crippen LogP contribution is -2.37. The normalized spacial score (nSPS) is 16.6. The van der Waals surface area contributed by atoms with Gasteiger partial charge in [-0.15, -0.1) is 0 Å². The first-order valence-corrected chi connectivity index (χ1v) is 22.2. The Balaban J connectivity index is 0.806. The van der Waals surface area contributed by atoms with Crippen LogP contribution in [0, 0.1) is 0 Å². The van der Waals surface area contributed by atoms with E-state index in [4.69, 9.17) is 52.6 Å². The summed E-state index contributed by atoms with van der Waals surface area (Å²) in [6.45, 7) is 4.20. The summed E-state index contributed by atoms with van der Waals surface area (Å²) in [5, 5.41) is 0. The molecule has 0 N–H and O–H groups in total. The number of hydrogen-bond donors (Lipinski definition) is 0. The lowest BCUT2D eigenvalue weighted by molar-refractivity contribution is -0.00321. The van der Waals surface area contributed by atoms with Crippen molar-refractivity contribution >= 4 is 59.1 Å². The van der Waals surface area contributed by atoms with Crippen molar-refractivity contribution in [1.82, 2.24) is 0 Å². The van der Waals surface area contributed by atoms with Crippen LogP contribution in [0.25, 0.3) is 0 Å². The standard InChI is InChI=1S/C47H51FN4O11S/c1-55-42-25-36-38(49-29-33-22-31-6-3-4-7-40(31)51(33)46(36)53)27-44(42)62-10-5-11-63-45-28-39-37(26-43(45)56-2)47(54)52-34(30-50-39)23-32-8-9-35(24-41(32)52)61-19-18-59-15-14-57-12-13-58-16-17-60-20-21-64-48/h3-4,6-9,24-30,33-34H,5,10-23H2,1-2H3/t33-,34-/m0/s1. The number of halogens is 1. The minimum absolute atomic E-state index is 0.131. The van der Waals surface area contributed by atoms with Crippen molar-refractivity contribution in [3.05, 3.63) is 89.0 Å². The average molecular weight is 899 g/mol. The maximum atomic E-state index is 14.2. The zero-order chi connectivity index (χ0) is 44.3. The van der Waals surface area contributed by atoms with E-state index in [1.54, 1.807) is 47.4 Å². The monoisotopic (exact) mass is 898 g/mol. The van der Waals surface area contributed by atoms with E-state index in [0.717, 1.165) is 22.5 Å². The topological polar surface area (TPSA) is 148 Å². The number of amides is 2. The maximum Gasteiger partial charge on any atom is 0.261 e. The van der Waals surface area contributed by atoms with Gasteiger partial charge in [-0.3, -0.25) is 29.4 Å². The van der Waals surface area contributed by atoms with Crippen molar-refractivity contribution < 1.29 is 56.1 Å². The minimum atomic E-state index is -0.269. The second-order valence-electron chi connectivity index (χ2n) is 15.1. The molecule has 0 fully saturated rings. The number of nitrogens with zero attached hydrogens (tertiary/aromatic N) is 4. The maximum absolute atomic E-state index is 14.2. The molecule has 4 heterocycles. The van der Waals surface area contributed by atoms with Gasteiger partial charge in [0.1, 0.15) is 12.4 Å². The van der Waals surface area contributed by atoms with Gasteiger partial charge in [-0.25, -0.2) is 0 Å². The van der Waals surface area contributed by atoms with Gasteiger partial charge in [-0.05, 0) is 35.4 Å². The largest absolute Gasteiger partial charge is 0.493 e. The molecule has 4 aromatic rings. The molecule has 0 radical (unpaired) electrons. The van der Waals surface area contributed by atoms with Gasteiger partial charge in [0.2, 0.25) is 0 Å². The molecule has 8 rings (SSSR count). The van der Waals surface area contributed by atoms with Crippen molar-refractivity contribution in [3.8, 4) is 28.7 Å². The zero-order valence-corrected chi connectivity index (χ0v) is 36.6. The van der Waals surface area contributed by atoms with Gasteiger partial charge in [-0.2, -0.15) is 3.89 Å². The predicted molar refractivity (Wildman–Crippen MR) is 242 cm³/mol. The summed E-state index contributed by atoms with van der Waals surface area (Å²) in [7, 11) is 3.08. The van der Waals surface area contributed by atoms with Crippen LogP contribution in [-0.4, -0.2) is 129 Å². The van der Waals surface area contributed by atoms with E-state index in [2.05, 4.69) is 0 Å². The van der Waals surface area contributed by atoms with Crippen molar-refractivity contribution in [1.29, 1.82) is 0 Å². The van der Waals surface area contributed by atoms with Crippen LogP contribution in [-0.2, 0) is 31.8 Å². The van der Waals surface area contributed by atoms with E-state index in [9.17, 15) is 13.5 Å². The number of hydrogen-bond acceptors (Lipinski definition) is 14. The Morgan fingerprint density at radius 2 is 1.09 bits per heavy atom. The average Bonchev–Trinajstić information content (AvgIpc) is 3.80. The number of benzene rings is 4. The molecular formula is C47H51FN4O11S. The van der Waals surface area contributed by atoms with Crippen LogP contribution in [0.1, 0.15) is 38.3 Å². The first-order valence-electron chi connectivity index (χ1n) is 21.3. The number of carbonyl (C=O) groups excluding carboxylic acids is 2. The predicted octanol–water partition coefficient (Wildman–Crippen LogP) is 7.19. The number of fused-ring (bicyclic) bond motifs is 8. The van der Waals surface area contributed by atoms with E-state index < -0.39 is 0 Å². The van der Waals surface area contributed by atoms with Crippen LogP contribution >= 0.6 is 12.1 Å². The summed E-state index contributed by atoms with van der Waals surface area (Å²) in [4.78, 5) is 40.9. The van der Waals surface area contributed by atoms with E-state index in [1.165, 1.54) is 7.11 Å². The molecule has 0 saturated carbocycles. The van der Waals surface area contributed by atoms with Gasteiger partial charge >= 0.3 is 0 Å². The number of anilines is 2. The van der Waals surface area contributed by atoms with Gasteiger partial charge in [0.25, 0.3) is 11.8 Å². The highest BCUT2D eigenvalue weighted by molar-refractivity contribution is 7.94. The zero-order valence-electron chi connectivity index (χ0n) is 35.8. The summed E-state index contributed by atoms with van der Waals surface area (Å²) >= 11 is 0.258. The molecular weight excluding hydrogens is 848 g/mol. The van der Waals surface area contributed by atoms with E-state index in [1.807, 2.05) is 48.7 Å². The minimum Gasteiger partial charge on any atom is -0.493 e. The molecule has 0 bridgehead atoms. The SMILES string of the molecule is COc1cc2c(cc1OCCCOc1cc3c(cc1OC)C(=O)N1c4cc(OCCOCCOCCOCCOCCSF)ccc4C[C@H]1C=N3)N=C[C@@H]1Cc3ccccc3N1C2=O. The molecule has 17 heteroatoms. The highest BCUT2D eigenvalue weighted by Gasteiger charge is 2.38. The van der Waals surface area contributed by atoms with Crippen molar-refractivity contribution in [3.63, 3.8) is 0 Å². The van der Waals surface area contributed by atoms with Crippen LogP contribution in [0.4, 0.5) is 26.6 Å². The smallest absolute Gasteiger partial charge is 0.261 e. The van der Waals surface area contributed by atoms with Crippen LogP contribution < -0.4 is 33.5 Å². The highest BCUT2D eigenvalue weighted by Crippen LogP contribution is 2.43. The van der Waals surface area contributed by atoms with Crippen molar-refractivity contribution in [2.45, 2.75) is 31.3 Å². The number of carbonyl (C=O) groups is 2. The van der Waals surface area contributed by atoms with Crippen molar-refractivity contribution in [2.75, 3.05) is 102 Å². The Morgan fingerprint density at radius 1 is 0.578 bits per heavy atom. The number of methoxy groups -OCH3 is 2. The number of ether oxygens (including phenoxy) is 9. The quantitative estimate of drug-likeness (QED) is 0.0656. The Labute approximate surface area is 375 Å². The fourth-order valence-electron chi connectivity index (χ4n) is 7.98. The molecule has 0 unspecified atom stereocenters. The third-order valence-electron chi connectivity index (χ3n) is 11.0. The van der Waals surface area contributed by atoms with Gasteiger partial charge in [0.05, 0.1) is 121 Å². The lowest BCUT2D eigenvalue weighted by Gasteiger charge is -2.22. The van der Waals surface area contributed by atoms with Crippen LogP contribution in [0.5, 0.6) is 28.7 Å². The molecule has 4 aliphatic rings. The second kappa shape index (κ2) is 21.8. The summed E-state index contributed by atoms with van der Waals surface area (Å²) in [5.74, 6) is 2.38. The Bertz CT molecular complexity index is 2350. The summed E-state index contributed by atoms with van der Waals surface area (Å²) in [6.07, 6.45) is 5.46. The van der Waals surface area contributed by atoms with Gasteiger partial charge in [0, 0.05) is 73.5 Å². The molecule has 338 valence electrons. The van der Waals surface area contributed by atoms with E-state index in [0.29, 0.717) is 142 Å². The van der Waals surface area contributed by atoms with E-state index >= 15 is 0 Å². The van der Waals surface area contributed by atoms with Crippen molar-refractivity contribution in [2.24, 2.45) is 9.98 Å². The molecule has 2 amide bonds. The second-order valence-corrected chi connectivity index (χ2v) is 15.7. The Kier molecular flexibility index (Phi) is 15.3. The molecule has 0 aliphatic carbocycles. The van der Waals surface area contributed by atoms with Gasteiger partial charge in [-0.1, -0.05) is 24.3 Å². The number of para-hydroxylation sites is 1. The summed E-state index contributed by atoms with van der Waals surface area (Å²) in [6, 6.07) is 20.1. The molecule has 0 spiro atoms. The van der Waals surface area contributed by atoms with Crippen LogP contribution in [0.2, 0.25) is 0 Å². The third-order valence-corrected chi connectivity index (χ3v) is 11.4. The lowest BCUT2D eigenvalue weighted by atomic mass is 10.1. The highest BCUT2D eigenvalue weighted by atomic mass is 32.2. The first kappa shape index (κ1) is 44.9. The molecule has 64 heavy (non-hydrogen) atoms. The fourth-order valence-corrected chi connectivity index (χ4v) is 8.16. The molecule has 4 aliphatic heterocycles. The van der Waals surface area contributed by atoms with Gasteiger partial charge in [0.15, 0.2) is 23.0 Å². The molecule has 0 aromatic heterocycles. The molecule has 0 saturated heterocycles. The van der Waals surface area contributed by atoms with Crippen LogP contribution in [0.3, 0.4) is 0 Å². The Hall–Kier alpha value is -5.72. The molecule has 2 atom stereocenters. The third kappa shape index (κ3) is 10.3. The first-order chi connectivity index (χ1) is 31.5. The number of rotatable bonds is 24. The number of aliphatic imine (C=N–C) groups is 2. The molecule has 4 aromatic carbocycles. The molecule has 15 nitrogen and oxygen atoms in total. The summed E-state index contributed by atoms with van der Waals surface area (Å²) < 4.78 is 63.4. The fraction of sp³-hybridized carbons (Fsp3) is 0.404. The van der Waals surface area contributed by atoms with Crippen LogP contribution in [0.15, 0.2) is 76.7 Å².